The zero-order chi connectivity index (χ0) is 29.3. The molecule has 0 radical (unpaired) electrons. The van der Waals surface area contributed by atoms with Crippen LogP contribution in [0.5, 0.6) is 11.5 Å². The Labute approximate surface area is 236 Å². The highest BCUT2D eigenvalue weighted by atomic mass is 32.2. The molecule has 1 atom stereocenters. The molecule has 0 fully saturated rings. The summed E-state index contributed by atoms with van der Waals surface area (Å²) in [6, 6.07) is 19.3. The molecule has 0 heterocycles. The number of likely N-dealkylation sites (N-methyl/N-ethyl adjacent to an activating group) is 1. The predicted molar refractivity (Wildman–Crippen MR) is 155 cm³/mol. The normalized spacial score (nSPS) is 11.8. The van der Waals surface area contributed by atoms with Crippen LogP contribution in [0.25, 0.3) is 0 Å². The van der Waals surface area contributed by atoms with Gasteiger partial charge >= 0.3 is 0 Å². The number of anilines is 1. The molecule has 0 spiro atoms. The van der Waals surface area contributed by atoms with Crippen LogP contribution < -0.4 is 19.1 Å². The van der Waals surface area contributed by atoms with Crippen LogP contribution in [0.15, 0.2) is 77.7 Å². The topological polar surface area (TPSA) is 105 Å². The number of aryl methyl sites for hydroxylation is 1. The van der Waals surface area contributed by atoms with Crippen LogP contribution in [-0.2, 0) is 26.2 Å². The Kier molecular flexibility index (Phi) is 10.6. The van der Waals surface area contributed by atoms with Gasteiger partial charge in [0.2, 0.25) is 11.8 Å². The fourth-order valence-electron chi connectivity index (χ4n) is 4.27. The average molecular weight is 568 g/mol. The summed E-state index contributed by atoms with van der Waals surface area (Å²) >= 11 is 0. The summed E-state index contributed by atoms with van der Waals surface area (Å²) in [6.45, 7) is 5.47. The highest BCUT2D eigenvalue weighted by molar-refractivity contribution is 7.92. The molecule has 3 aromatic rings. The van der Waals surface area contributed by atoms with E-state index in [0.29, 0.717) is 24.5 Å². The first-order valence-corrected chi connectivity index (χ1v) is 14.5. The number of carbonyl (C=O) groups is 2. The maximum atomic E-state index is 14.0. The molecule has 1 N–H and O–H groups in total. The summed E-state index contributed by atoms with van der Waals surface area (Å²) in [7, 11) is -1.11. The summed E-state index contributed by atoms with van der Waals surface area (Å²) in [6.07, 6.45) is 0.345. The minimum Gasteiger partial charge on any atom is -0.497 e. The second kappa shape index (κ2) is 13.8. The number of hydrogen-bond acceptors (Lipinski definition) is 6. The third-order valence-electron chi connectivity index (χ3n) is 6.48. The average Bonchev–Trinajstić information content (AvgIpc) is 2.96. The van der Waals surface area contributed by atoms with Crippen molar-refractivity contribution in [2.75, 3.05) is 31.6 Å². The molecule has 0 aromatic heterocycles. The van der Waals surface area contributed by atoms with Gasteiger partial charge in [-0.05, 0) is 62.2 Å². The first-order valence-electron chi connectivity index (χ1n) is 13.1. The zero-order valence-corrected chi connectivity index (χ0v) is 24.4. The van der Waals surface area contributed by atoms with Gasteiger partial charge in [0, 0.05) is 19.2 Å². The molecule has 3 aromatic carbocycles. The van der Waals surface area contributed by atoms with E-state index >= 15 is 0 Å². The van der Waals surface area contributed by atoms with Gasteiger partial charge in [0.1, 0.15) is 24.1 Å². The fraction of sp³-hybridized carbons (Fsp3) is 0.333. The van der Waals surface area contributed by atoms with Crippen molar-refractivity contribution in [2.24, 2.45) is 0 Å². The maximum absolute atomic E-state index is 14.0. The lowest BCUT2D eigenvalue weighted by atomic mass is 10.1. The predicted octanol–water partition coefficient (Wildman–Crippen LogP) is 4.15. The molecule has 9 nitrogen and oxygen atoms in total. The molecule has 0 bridgehead atoms. The van der Waals surface area contributed by atoms with Gasteiger partial charge in [0.25, 0.3) is 10.0 Å². The van der Waals surface area contributed by atoms with Gasteiger partial charge in [-0.15, -0.1) is 0 Å². The molecule has 0 aliphatic rings. The molecular formula is C30H37N3O6S. The van der Waals surface area contributed by atoms with Crippen molar-refractivity contribution in [1.29, 1.82) is 0 Å². The summed E-state index contributed by atoms with van der Waals surface area (Å²) in [5, 5.41) is 2.80. The van der Waals surface area contributed by atoms with Crippen LogP contribution in [0.1, 0.15) is 31.4 Å². The van der Waals surface area contributed by atoms with Gasteiger partial charge < -0.3 is 19.7 Å². The number of carbonyl (C=O) groups excluding carboxylic acids is 2. The third-order valence-corrected chi connectivity index (χ3v) is 8.27. The van der Waals surface area contributed by atoms with Crippen molar-refractivity contribution in [3.8, 4) is 11.5 Å². The molecule has 0 aliphatic heterocycles. The van der Waals surface area contributed by atoms with E-state index in [4.69, 9.17) is 9.47 Å². The van der Waals surface area contributed by atoms with Crippen molar-refractivity contribution in [3.63, 3.8) is 0 Å². The third kappa shape index (κ3) is 7.32. The van der Waals surface area contributed by atoms with E-state index in [0.717, 1.165) is 15.4 Å². The Morgan fingerprint density at radius 2 is 1.55 bits per heavy atom. The van der Waals surface area contributed by atoms with Gasteiger partial charge in [-0.2, -0.15) is 0 Å². The maximum Gasteiger partial charge on any atom is 0.264 e. The first kappa shape index (κ1) is 30.5. The number of hydrogen-bond donors (Lipinski definition) is 1. The van der Waals surface area contributed by atoms with E-state index in [2.05, 4.69) is 5.32 Å². The molecule has 40 heavy (non-hydrogen) atoms. The van der Waals surface area contributed by atoms with Crippen molar-refractivity contribution >= 4 is 27.5 Å². The Morgan fingerprint density at radius 1 is 0.900 bits per heavy atom. The quantitative estimate of drug-likeness (QED) is 0.333. The Balaban J connectivity index is 2.07. The van der Waals surface area contributed by atoms with Gasteiger partial charge in [0.05, 0.1) is 24.8 Å². The lowest BCUT2D eigenvalue weighted by Gasteiger charge is -2.33. The number of nitrogens with one attached hydrogen (secondary N) is 1. The summed E-state index contributed by atoms with van der Waals surface area (Å²) in [4.78, 5) is 28.5. The minimum atomic E-state index is -4.16. The molecule has 3 rings (SSSR count). The number of amides is 2. The van der Waals surface area contributed by atoms with E-state index in [1.54, 1.807) is 62.6 Å². The molecule has 2 amide bonds. The molecule has 0 aliphatic carbocycles. The second-order valence-corrected chi connectivity index (χ2v) is 11.1. The monoisotopic (exact) mass is 567 g/mol. The van der Waals surface area contributed by atoms with Crippen LogP contribution in [0, 0.1) is 6.92 Å². The molecule has 0 saturated heterocycles. The van der Waals surface area contributed by atoms with Crippen LogP contribution in [0.2, 0.25) is 0 Å². The second-order valence-electron chi connectivity index (χ2n) is 9.21. The van der Waals surface area contributed by atoms with Crippen molar-refractivity contribution in [3.05, 3.63) is 83.9 Å². The largest absolute Gasteiger partial charge is 0.497 e. The van der Waals surface area contributed by atoms with E-state index in [9.17, 15) is 18.0 Å². The number of benzene rings is 3. The highest BCUT2D eigenvalue weighted by Crippen LogP contribution is 2.28. The molecule has 0 unspecified atom stereocenters. The SMILES string of the molecule is CCNC(=O)[C@H](CC)N(Cc1ccc(OC)cc1)C(=O)CN(c1cccc(OC)c1)S(=O)(=O)c1ccc(C)cc1. The Bertz CT molecular complexity index is 1390. The number of nitrogens with zero attached hydrogens (tertiary/aromatic N) is 2. The van der Waals surface area contributed by atoms with Crippen LogP contribution in [-0.4, -0.2) is 58.5 Å². The van der Waals surface area contributed by atoms with E-state index in [1.165, 1.54) is 24.1 Å². The molecule has 214 valence electrons. The number of methoxy groups -OCH3 is 2. The lowest BCUT2D eigenvalue weighted by Crippen LogP contribution is -2.52. The Hall–Kier alpha value is -4.05. The van der Waals surface area contributed by atoms with E-state index in [1.807, 2.05) is 26.0 Å². The van der Waals surface area contributed by atoms with Crippen LogP contribution in [0.3, 0.4) is 0 Å². The highest BCUT2D eigenvalue weighted by Gasteiger charge is 2.33. The van der Waals surface area contributed by atoms with Crippen LogP contribution >= 0.6 is 0 Å². The number of ether oxygens (including phenoxy) is 2. The standard InChI is InChI=1S/C30H37N3O6S/c1-6-28(30(35)31-7-2)32(20-23-13-15-25(38-4)16-14-23)29(34)21-33(24-9-8-10-26(19-24)39-5)40(36,37)27-17-11-22(3)12-18-27/h8-19,28H,6-7,20-21H2,1-5H3,(H,31,35)/t28-/m0/s1. The summed E-state index contributed by atoms with van der Waals surface area (Å²) in [5.74, 6) is 0.275. The molecular weight excluding hydrogens is 530 g/mol. The van der Waals surface area contributed by atoms with Gasteiger partial charge in [-0.3, -0.25) is 13.9 Å². The Morgan fingerprint density at radius 3 is 2.12 bits per heavy atom. The lowest BCUT2D eigenvalue weighted by molar-refractivity contribution is -0.140. The van der Waals surface area contributed by atoms with E-state index < -0.39 is 28.5 Å². The smallest absolute Gasteiger partial charge is 0.264 e. The number of sulfonamides is 1. The van der Waals surface area contributed by atoms with Crippen molar-refractivity contribution in [1.82, 2.24) is 10.2 Å². The van der Waals surface area contributed by atoms with Gasteiger partial charge in [-0.25, -0.2) is 8.42 Å². The fourth-order valence-corrected chi connectivity index (χ4v) is 5.68. The van der Waals surface area contributed by atoms with Crippen molar-refractivity contribution in [2.45, 2.75) is 44.7 Å². The van der Waals surface area contributed by atoms with E-state index in [-0.39, 0.29) is 23.0 Å². The van der Waals surface area contributed by atoms with Crippen LogP contribution in [0.4, 0.5) is 5.69 Å². The first-order chi connectivity index (χ1) is 19.1. The molecule has 0 saturated carbocycles. The van der Waals surface area contributed by atoms with Gasteiger partial charge in [0.15, 0.2) is 0 Å². The summed E-state index contributed by atoms with van der Waals surface area (Å²) in [5.41, 5.74) is 1.94. The zero-order valence-electron chi connectivity index (χ0n) is 23.6. The minimum absolute atomic E-state index is 0.0474. The van der Waals surface area contributed by atoms with Crippen molar-refractivity contribution < 1.29 is 27.5 Å². The summed E-state index contributed by atoms with van der Waals surface area (Å²) < 4.78 is 39.5. The number of rotatable bonds is 13. The molecule has 10 heteroatoms. The van der Waals surface area contributed by atoms with Gasteiger partial charge in [-0.1, -0.05) is 42.8 Å².